The lowest BCUT2D eigenvalue weighted by Gasteiger charge is -2.29. The number of nitrogens with zero attached hydrogens (tertiary/aromatic N) is 2. The number of aryl methyl sites for hydroxylation is 2. The zero-order chi connectivity index (χ0) is 19.5. The van der Waals surface area contributed by atoms with Gasteiger partial charge in [-0.05, 0) is 75.1 Å². The molecule has 2 aliphatic rings. The Morgan fingerprint density at radius 3 is 2.83 bits per heavy atom. The Morgan fingerprint density at radius 1 is 1.28 bits per heavy atom. The zero-order valence-corrected chi connectivity index (χ0v) is 18.3. The van der Waals surface area contributed by atoms with Crippen molar-refractivity contribution in [3.63, 3.8) is 0 Å². The molecule has 5 nitrogen and oxygen atoms in total. The number of anilines is 1. The summed E-state index contributed by atoms with van der Waals surface area (Å²) in [4.78, 5) is 12.8. The second kappa shape index (κ2) is 9.77. The highest BCUT2D eigenvalue weighted by Crippen LogP contribution is 2.35. The molecule has 1 aromatic carbocycles. The molecule has 0 radical (unpaired) electrons. The normalized spacial score (nSPS) is 20.4. The molecule has 0 spiro atoms. The number of nitrogens with one attached hydrogen (secondary N) is 2. The highest BCUT2D eigenvalue weighted by Gasteiger charge is 2.26. The van der Waals surface area contributed by atoms with Crippen LogP contribution < -0.4 is 10.6 Å². The van der Waals surface area contributed by atoms with Crippen LogP contribution in [-0.2, 0) is 11.2 Å². The van der Waals surface area contributed by atoms with Gasteiger partial charge in [0.05, 0.1) is 12.2 Å². The van der Waals surface area contributed by atoms with Gasteiger partial charge in [0, 0.05) is 12.0 Å². The fourth-order valence-electron chi connectivity index (χ4n) is 4.88. The summed E-state index contributed by atoms with van der Waals surface area (Å²) < 4.78 is 2.04. The van der Waals surface area contributed by atoms with Crippen molar-refractivity contribution >= 4 is 24.1 Å². The van der Waals surface area contributed by atoms with E-state index in [0.29, 0.717) is 18.3 Å². The molecule has 2 aromatic rings. The highest BCUT2D eigenvalue weighted by molar-refractivity contribution is 5.90. The van der Waals surface area contributed by atoms with Crippen LogP contribution in [0.15, 0.2) is 30.5 Å². The summed E-state index contributed by atoms with van der Waals surface area (Å²) in [5.74, 6) is 2.03. The molecule has 1 amide bonds. The van der Waals surface area contributed by atoms with E-state index in [-0.39, 0.29) is 24.4 Å². The molecule has 4 rings (SSSR count). The first-order valence-corrected chi connectivity index (χ1v) is 10.8. The average Bonchev–Trinajstić information content (AvgIpc) is 3.08. The number of halogens is 1. The predicted molar refractivity (Wildman–Crippen MR) is 120 cm³/mol. The first kappa shape index (κ1) is 21.8. The predicted octanol–water partition coefficient (Wildman–Crippen LogP) is 4.50. The van der Waals surface area contributed by atoms with Crippen molar-refractivity contribution < 1.29 is 4.79 Å². The van der Waals surface area contributed by atoms with E-state index in [1.807, 2.05) is 17.8 Å². The fourth-order valence-corrected chi connectivity index (χ4v) is 4.88. The number of fused-ring (bicyclic) bond motifs is 1. The molecule has 2 atom stereocenters. The molecule has 29 heavy (non-hydrogen) atoms. The van der Waals surface area contributed by atoms with Gasteiger partial charge in [-0.2, -0.15) is 5.10 Å². The maximum Gasteiger partial charge on any atom is 0.225 e. The van der Waals surface area contributed by atoms with Crippen LogP contribution in [0, 0.1) is 18.8 Å². The second-order valence-electron chi connectivity index (χ2n) is 8.54. The lowest BCUT2D eigenvalue weighted by molar-refractivity contribution is -0.117. The number of carbonyl (C=O) groups is 1. The van der Waals surface area contributed by atoms with Crippen LogP contribution in [-0.4, -0.2) is 28.8 Å². The second-order valence-corrected chi connectivity index (χ2v) is 8.54. The van der Waals surface area contributed by atoms with Crippen molar-refractivity contribution in [3.05, 3.63) is 47.2 Å². The lowest BCUT2D eigenvalue weighted by atomic mass is 9.84. The van der Waals surface area contributed by atoms with Gasteiger partial charge in [0.2, 0.25) is 5.91 Å². The van der Waals surface area contributed by atoms with Gasteiger partial charge < -0.3 is 10.6 Å². The maximum atomic E-state index is 12.8. The van der Waals surface area contributed by atoms with Gasteiger partial charge in [0.15, 0.2) is 0 Å². The maximum absolute atomic E-state index is 12.8. The van der Waals surface area contributed by atoms with Gasteiger partial charge >= 0.3 is 0 Å². The number of amides is 1. The number of aromatic nitrogens is 2. The Morgan fingerprint density at radius 2 is 2.03 bits per heavy atom. The van der Waals surface area contributed by atoms with E-state index in [1.54, 1.807) is 0 Å². The Hall–Kier alpha value is -1.85. The van der Waals surface area contributed by atoms with Crippen molar-refractivity contribution in [1.82, 2.24) is 15.1 Å². The number of rotatable bonds is 5. The van der Waals surface area contributed by atoms with Crippen LogP contribution in [0.4, 0.5) is 5.82 Å². The molecular formula is C23H33ClN4O. The first-order valence-electron chi connectivity index (χ1n) is 10.8. The van der Waals surface area contributed by atoms with Crippen molar-refractivity contribution in [3.8, 4) is 0 Å². The van der Waals surface area contributed by atoms with Crippen LogP contribution in [0.3, 0.4) is 0 Å². The third kappa shape index (κ3) is 4.84. The SMILES string of the molecule is Cc1cnn(C2CCCc3ccccc32)c1NC(=O)CC(C)C1CCNCC1.Cl. The first-order chi connectivity index (χ1) is 13.6. The molecule has 1 saturated heterocycles. The number of piperidine rings is 1. The van der Waals surface area contributed by atoms with Gasteiger partial charge in [0.1, 0.15) is 5.82 Å². The Labute approximate surface area is 180 Å². The minimum Gasteiger partial charge on any atom is -0.317 e. The quantitative estimate of drug-likeness (QED) is 0.754. The molecule has 1 fully saturated rings. The minimum atomic E-state index is 0. The van der Waals surface area contributed by atoms with Crippen molar-refractivity contribution in [1.29, 1.82) is 0 Å². The molecule has 6 heteroatoms. The van der Waals surface area contributed by atoms with E-state index < -0.39 is 0 Å². The lowest BCUT2D eigenvalue weighted by Crippen LogP contribution is -2.32. The number of hydrogen-bond acceptors (Lipinski definition) is 3. The monoisotopic (exact) mass is 416 g/mol. The third-order valence-electron chi connectivity index (χ3n) is 6.57. The minimum absolute atomic E-state index is 0. The largest absolute Gasteiger partial charge is 0.317 e. The van der Waals surface area contributed by atoms with E-state index in [1.165, 1.54) is 24.0 Å². The molecule has 0 saturated carbocycles. The van der Waals surface area contributed by atoms with Crippen LogP contribution in [0.2, 0.25) is 0 Å². The van der Waals surface area contributed by atoms with Crippen molar-refractivity contribution in [2.45, 2.75) is 58.4 Å². The summed E-state index contributed by atoms with van der Waals surface area (Å²) in [6, 6.07) is 8.85. The molecule has 2 N–H and O–H groups in total. The van der Waals surface area contributed by atoms with E-state index in [2.05, 4.69) is 46.9 Å². The van der Waals surface area contributed by atoms with Crippen LogP contribution in [0.1, 0.15) is 61.8 Å². The van der Waals surface area contributed by atoms with Crippen LogP contribution in [0.25, 0.3) is 0 Å². The fraction of sp³-hybridized carbons (Fsp3) is 0.565. The van der Waals surface area contributed by atoms with Gasteiger partial charge in [-0.1, -0.05) is 31.2 Å². The van der Waals surface area contributed by atoms with Gasteiger partial charge in [-0.25, -0.2) is 4.68 Å². The molecule has 2 heterocycles. The zero-order valence-electron chi connectivity index (χ0n) is 17.5. The molecule has 1 aliphatic heterocycles. The van der Waals surface area contributed by atoms with Crippen LogP contribution in [0.5, 0.6) is 0 Å². The smallest absolute Gasteiger partial charge is 0.225 e. The Kier molecular flexibility index (Phi) is 7.36. The molecule has 1 aliphatic carbocycles. The van der Waals surface area contributed by atoms with Gasteiger partial charge in [0.25, 0.3) is 0 Å². The highest BCUT2D eigenvalue weighted by atomic mass is 35.5. The van der Waals surface area contributed by atoms with Gasteiger partial charge in [-0.3, -0.25) is 4.79 Å². The Balaban J connectivity index is 0.00000240. The molecule has 158 valence electrons. The summed E-state index contributed by atoms with van der Waals surface area (Å²) in [5.41, 5.74) is 3.78. The van der Waals surface area contributed by atoms with E-state index >= 15 is 0 Å². The molecule has 1 aromatic heterocycles. The van der Waals surface area contributed by atoms with E-state index in [9.17, 15) is 4.79 Å². The van der Waals surface area contributed by atoms with E-state index in [0.717, 1.165) is 43.7 Å². The molecule has 0 bridgehead atoms. The average molecular weight is 417 g/mol. The standard InChI is InChI=1S/C23H32N4O.ClH/c1-16(18-10-12-24-13-11-18)14-22(28)26-23-17(2)15-25-27(23)21-9-5-7-19-6-3-4-8-20(19)21;/h3-4,6,8,15-16,18,21,24H,5,7,9-14H2,1-2H3,(H,26,28);1H. The number of benzene rings is 1. The summed E-state index contributed by atoms with van der Waals surface area (Å²) >= 11 is 0. The molecular weight excluding hydrogens is 384 g/mol. The topological polar surface area (TPSA) is 59.0 Å². The van der Waals surface area contributed by atoms with Crippen LogP contribution >= 0.6 is 12.4 Å². The third-order valence-corrected chi connectivity index (χ3v) is 6.57. The molecule has 2 unspecified atom stereocenters. The van der Waals surface area contributed by atoms with Crippen molar-refractivity contribution in [2.24, 2.45) is 11.8 Å². The number of hydrogen-bond donors (Lipinski definition) is 2. The summed E-state index contributed by atoms with van der Waals surface area (Å²) in [6.07, 6.45) is 8.14. The van der Waals surface area contributed by atoms with E-state index in [4.69, 9.17) is 0 Å². The van der Waals surface area contributed by atoms with Gasteiger partial charge in [-0.15, -0.1) is 12.4 Å². The van der Waals surface area contributed by atoms with Crippen molar-refractivity contribution in [2.75, 3.05) is 18.4 Å². The summed E-state index contributed by atoms with van der Waals surface area (Å²) in [5, 5.41) is 11.3. The summed E-state index contributed by atoms with van der Waals surface area (Å²) in [7, 11) is 0. The Bertz CT molecular complexity index is 828. The summed E-state index contributed by atoms with van der Waals surface area (Å²) in [6.45, 7) is 6.40. The number of carbonyl (C=O) groups excluding carboxylic acids is 1.